The molecule has 2 aromatic rings. The van der Waals surface area contributed by atoms with Gasteiger partial charge in [0.25, 0.3) is 0 Å². The standard InChI is InChI=1S/C19H25NO2/c1-14-5-4-6-19(15(14)2)22-12-11-17(13-20)16-7-9-18(21-3)10-8-16/h4-10,17H,11-13,20H2,1-3H3. The maximum absolute atomic E-state index is 5.94. The third-order valence-corrected chi connectivity index (χ3v) is 4.15. The fourth-order valence-corrected chi connectivity index (χ4v) is 2.49. The molecule has 0 amide bonds. The van der Waals surface area contributed by atoms with Gasteiger partial charge in [-0.2, -0.15) is 0 Å². The average Bonchev–Trinajstić information content (AvgIpc) is 2.55. The van der Waals surface area contributed by atoms with Crippen molar-refractivity contribution in [2.45, 2.75) is 26.2 Å². The fourth-order valence-electron chi connectivity index (χ4n) is 2.49. The van der Waals surface area contributed by atoms with Crippen LogP contribution < -0.4 is 15.2 Å². The van der Waals surface area contributed by atoms with E-state index in [9.17, 15) is 0 Å². The van der Waals surface area contributed by atoms with Crippen LogP contribution in [0.15, 0.2) is 42.5 Å². The van der Waals surface area contributed by atoms with Crippen LogP contribution >= 0.6 is 0 Å². The average molecular weight is 299 g/mol. The Morgan fingerprint density at radius 2 is 1.77 bits per heavy atom. The molecule has 0 aliphatic heterocycles. The zero-order valence-corrected chi connectivity index (χ0v) is 13.6. The van der Waals surface area contributed by atoms with E-state index in [0.29, 0.717) is 19.1 Å². The van der Waals surface area contributed by atoms with Gasteiger partial charge in [0, 0.05) is 0 Å². The quantitative estimate of drug-likeness (QED) is 0.845. The maximum Gasteiger partial charge on any atom is 0.122 e. The molecule has 0 saturated carbocycles. The van der Waals surface area contributed by atoms with Gasteiger partial charge in [0.2, 0.25) is 0 Å². The Balaban J connectivity index is 1.94. The number of rotatable bonds is 7. The van der Waals surface area contributed by atoms with E-state index in [1.54, 1.807) is 7.11 Å². The Kier molecular flexibility index (Phi) is 5.84. The number of methoxy groups -OCH3 is 1. The van der Waals surface area contributed by atoms with Crippen molar-refractivity contribution in [3.8, 4) is 11.5 Å². The summed E-state index contributed by atoms with van der Waals surface area (Å²) in [6.45, 7) is 5.47. The van der Waals surface area contributed by atoms with Crippen molar-refractivity contribution in [3.63, 3.8) is 0 Å². The van der Waals surface area contributed by atoms with Gasteiger partial charge in [-0.1, -0.05) is 24.3 Å². The van der Waals surface area contributed by atoms with E-state index in [-0.39, 0.29) is 0 Å². The molecule has 0 radical (unpaired) electrons. The molecule has 3 nitrogen and oxygen atoms in total. The van der Waals surface area contributed by atoms with Crippen molar-refractivity contribution in [3.05, 3.63) is 59.2 Å². The predicted molar refractivity (Wildman–Crippen MR) is 90.8 cm³/mol. The lowest BCUT2D eigenvalue weighted by atomic mass is 9.96. The number of hydrogen-bond acceptors (Lipinski definition) is 3. The third-order valence-electron chi connectivity index (χ3n) is 4.15. The van der Waals surface area contributed by atoms with Crippen LogP contribution in [0.2, 0.25) is 0 Å². The van der Waals surface area contributed by atoms with Gasteiger partial charge in [-0.05, 0) is 67.6 Å². The Bertz CT molecular complexity index is 593. The van der Waals surface area contributed by atoms with Crippen LogP contribution in [0.4, 0.5) is 0 Å². The molecular formula is C19H25NO2. The van der Waals surface area contributed by atoms with Gasteiger partial charge in [-0.3, -0.25) is 0 Å². The van der Waals surface area contributed by atoms with Crippen molar-refractivity contribution in [2.75, 3.05) is 20.3 Å². The van der Waals surface area contributed by atoms with Gasteiger partial charge in [-0.25, -0.2) is 0 Å². The Hall–Kier alpha value is -2.00. The van der Waals surface area contributed by atoms with Crippen molar-refractivity contribution < 1.29 is 9.47 Å². The Labute approximate surface area is 133 Å². The molecule has 0 fully saturated rings. The van der Waals surface area contributed by atoms with Crippen LogP contribution in [0.1, 0.15) is 29.0 Å². The minimum absolute atomic E-state index is 0.302. The molecule has 0 aromatic heterocycles. The summed E-state index contributed by atoms with van der Waals surface area (Å²) < 4.78 is 11.1. The monoisotopic (exact) mass is 299 g/mol. The lowest BCUT2D eigenvalue weighted by Gasteiger charge is -2.17. The Morgan fingerprint density at radius 3 is 2.41 bits per heavy atom. The molecule has 0 aliphatic rings. The molecule has 0 spiro atoms. The first-order chi connectivity index (χ1) is 10.7. The van der Waals surface area contributed by atoms with E-state index in [4.69, 9.17) is 15.2 Å². The molecule has 0 bridgehead atoms. The van der Waals surface area contributed by atoms with Crippen molar-refractivity contribution in [1.82, 2.24) is 0 Å². The van der Waals surface area contributed by atoms with Crippen LogP contribution in [-0.2, 0) is 0 Å². The van der Waals surface area contributed by atoms with E-state index < -0.39 is 0 Å². The number of hydrogen-bond donors (Lipinski definition) is 1. The summed E-state index contributed by atoms with van der Waals surface area (Å²) in [6, 6.07) is 14.3. The topological polar surface area (TPSA) is 44.5 Å². The van der Waals surface area contributed by atoms with Crippen LogP contribution in [0, 0.1) is 13.8 Å². The maximum atomic E-state index is 5.94. The number of nitrogens with two attached hydrogens (primary N) is 1. The molecular weight excluding hydrogens is 274 g/mol. The highest BCUT2D eigenvalue weighted by atomic mass is 16.5. The second kappa shape index (κ2) is 7.85. The molecule has 0 aliphatic carbocycles. The number of aryl methyl sites for hydroxylation is 1. The predicted octanol–water partition coefficient (Wildman–Crippen LogP) is 3.82. The summed E-state index contributed by atoms with van der Waals surface area (Å²) in [5.74, 6) is 2.13. The number of ether oxygens (including phenoxy) is 2. The van der Waals surface area contributed by atoms with Gasteiger partial charge in [-0.15, -0.1) is 0 Å². The van der Waals surface area contributed by atoms with Crippen LogP contribution in [-0.4, -0.2) is 20.3 Å². The van der Waals surface area contributed by atoms with Crippen molar-refractivity contribution >= 4 is 0 Å². The van der Waals surface area contributed by atoms with E-state index in [2.05, 4.69) is 32.0 Å². The van der Waals surface area contributed by atoms with Gasteiger partial charge in [0.15, 0.2) is 0 Å². The lowest BCUT2D eigenvalue weighted by Crippen LogP contribution is -2.15. The SMILES string of the molecule is COc1ccc(C(CN)CCOc2cccc(C)c2C)cc1. The lowest BCUT2D eigenvalue weighted by molar-refractivity contribution is 0.296. The summed E-state index contributed by atoms with van der Waals surface area (Å²) in [5.41, 5.74) is 9.61. The first kappa shape index (κ1) is 16.4. The highest BCUT2D eigenvalue weighted by Gasteiger charge is 2.11. The minimum Gasteiger partial charge on any atom is -0.497 e. The van der Waals surface area contributed by atoms with Gasteiger partial charge in [0.1, 0.15) is 11.5 Å². The van der Waals surface area contributed by atoms with Crippen molar-refractivity contribution in [2.24, 2.45) is 5.73 Å². The van der Waals surface area contributed by atoms with E-state index in [1.165, 1.54) is 16.7 Å². The molecule has 118 valence electrons. The Morgan fingerprint density at radius 1 is 1.05 bits per heavy atom. The highest BCUT2D eigenvalue weighted by molar-refractivity contribution is 5.38. The van der Waals surface area contributed by atoms with Gasteiger partial charge >= 0.3 is 0 Å². The molecule has 0 saturated heterocycles. The molecule has 22 heavy (non-hydrogen) atoms. The zero-order chi connectivity index (χ0) is 15.9. The summed E-state index contributed by atoms with van der Waals surface area (Å²) in [6.07, 6.45) is 0.899. The largest absolute Gasteiger partial charge is 0.497 e. The highest BCUT2D eigenvalue weighted by Crippen LogP contribution is 2.24. The molecule has 3 heteroatoms. The zero-order valence-electron chi connectivity index (χ0n) is 13.6. The third kappa shape index (κ3) is 4.01. The molecule has 2 N–H and O–H groups in total. The van der Waals surface area contributed by atoms with E-state index >= 15 is 0 Å². The molecule has 0 heterocycles. The first-order valence-electron chi connectivity index (χ1n) is 7.68. The van der Waals surface area contributed by atoms with Crippen LogP contribution in [0.25, 0.3) is 0 Å². The van der Waals surface area contributed by atoms with Crippen LogP contribution in [0.5, 0.6) is 11.5 Å². The summed E-state index contributed by atoms with van der Waals surface area (Å²) >= 11 is 0. The van der Waals surface area contributed by atoms with E-state index in [1.807, 2.05) is 24.3 Å². The summed E-state index contributed by atoms with van der Waals surface area (Å²) in [4.78, 5) is 0. The molecule has 1 unspecified atom stereocenters. The smallest absolute Gasteiger partial charge is 0.122 e. The summed E-state index contributed by atoms with van der Waals surface area (Å²) in [5, 5.41) is 0. The number of benzene rings is 2. The normalized spacial score (nSPS) is 12.0. The summed E-state index contributed by atoms with van der Waals surface area (Å²) in [7, 11) is 1.67. The van der Waals surface area contributed by atoms with E-state index in [0.717, 1.165) is 17.9 Å². The second-order valence-electron chi connectivity index (χ2n) is 5.54. The van der Waals surface area contributed by atoms with Gasteiger partial charge < -0.3 is 15.2 Å². The van der Waals surface area contributed by atoms with Crippen molar-refractivity contribution in [1.29, 1.82) is 0 Å². The molecule has 2 aromatic carbocycles. The molecule has 2 rings (SSSR count). The second-order valence-corrected chi connectivity index (χ2v) is 5.54. The van der Waals surface area contributed by atoms with Gasteiger partial charge in [0.05, 0.1) is 13.7 Å². The molecule has 1 atom stereocenters. The first-order valence-corrected chi connectivity index (χ1v) is 7.68. The minimum atomic E-state index is 0.302. The fraction of sp³-hybridized carbons (Fsp3) is 0.368. The van der Waals surface area contributed by atoms with Crippen LogP contribution in [0.3, 0.4) is 0 Å².